The summed E-state index contributed by atoms with van der Waals surface area (Å²) in [6.07, 6.45) is 0. The zero-order chi connectivity index (χ0) is 17.2. The SMILES string of the molecule is O=C1OC2(c3ccc(Cl)cc3Oc3cc(Cl)ccc32)c2ccccc21. The zero-order valence-corrected chi connectivity index (χ0v) is 14.3. The molecule has 0 bridgehead atoms. The molecule has 0 radical (unpaired) electrons. The first-order valence-electron chi connectivity index (χ1n) is 7.70. The van der Waals surface area contributed by atoms with Crippen LogP contribution < -0.4 is 4.74 Å². The molecule has 0 N–H and O–H groups in total. The van der Waals surface area contributed by atoms with Crippen LogP contribution in [-0.2, 0) is 10.3 Å². The summed E-state index contributed by atoms with van der Waals surface area (Å²) in [5, 5.41) is 1.08. The smallest absolute Gasteiger partial charge is 0.340 e. The van der Waals surface area contributed by atoms with E-state index in [0.717, 1.165) is 16.7 Å². The fraction of sp³-hybridized carbons (Fsp3) is 0.0500. The number of esters is 1. The lowest BCUT2D eigenvalue weighted by Gasteiger charge is -2.36. The molecule has 0 unspecified atom stereocenters. The van der Waals surface area contributed by atoms with E-state index < -0.39 is 5.60 Å². The van der Waals surface area contributed by atoms with Gasteiger partial charge in [-0.25, -0.2) is 4.79 Å². The van der Waals surface area contributed by atoms with E-state index in [0.29, 0.717) is 27.1 Å². The number of carbonyl (C=O) groups excluding carboxylic acids is 1. The van der Waals surface area contributed by atoms with Gasteiger partial charge in [0.25, 0.3) is 0 Å². The minimum absolute atomic E-state index is 0.362. The van der Waals surface area contributed by atoms with Gasteiger partial charge in [0.2, 0.25) is 0 Å². The van der Waals surface area contributed by atoms with Crippen molar-refractivity contribution in [1.82, 2.24) is 0 Å². The Morgan fingerprint density at radius 3 is 2.00 bits per heavy atom. The van der Waals surface area contributed by atoms with Crippen molar-refractivity contribution in [3.05, 3.63) is 93.0 Å². The number of halogens is 2. The minimum atomic E-state index is -1.06. The third-order valence-corrected chi connectivity index (χ3v) is 5.11. The average Bonchev–Trinajstić information content (AvgIpc) is 2.88. The molecule has 0 amide bonds. The molecule has 0 atom stereocenters. The lowest BCUT2D eigenvalue weighted by Crippen LogP contribution is -2.32. The summed E-state index contributed by atoms with van der Waals surface area (Å²) in [6.45, 7) is 0. The van der Waals surface area contributed by atoms with Crippen LogP contribution in [0.5, 0.6) is 11.5 Å². The molecule has 2 heterocycles. The second kappa shape index (κ2) is 5.01. The van der Waals surface area contributed by atoms with E-state index >= 15 is 0 Å². The number of ether oxygens (including phenoxy) is 2. The monoisotopic (exact) mass is 368 g/mol. The van der Waals surface area contributed by atoms with Gasteiger partial charge in [0.1, 0.15) is 11.5 Å². The van der Waals surface area contributed by atoms with Gasteiger partial charge < -0.3 is 9.47 Å². The molecule has 2 aliphatic rings. The first-order chi connectivity index (χ1) is 12.1. The topological polar surface area (TPSA) is 35.5 Å². The van der Waals surface area contributed by atoms with E-state index in [1.807, 2.05) is 30.3 Å². The summed E-state index contributed by atoms with van der Waals surface area (Å²) in [6, 6.07) is 18.0. The Morgan fingerprint density at radius 2 is 1.36 bits per heavy atom. The molecule has 25 heavy (non-hydrogen) atoms. The summed E-state index contributed by atoms with van der Waals surface area (Å²) < 4.78 is 12.0. The van der Waals surface area contributed by atoms with Crippen molar-refractivity contribution in [2.24, 2.45) is 0 Å². The van der Waals surface area contributed by atoms with Gasteiger partial charge in [0.05, 0.1) is 5.56 Å². The van der Waals surface area contributed by atoms with Crippen LogP contribution in [0, 0.1) is 0 Å². The van der Waals surface area contributed by atoms with Gasteiger partial charge >= 0.3 is 5.97 Å². The Hall–Kier alpha value is -2.49. The zero-order valence-electron chi connectivity index (χ0n) is 12.8. The van der Waals surface area contributed by atoms with Gasteiger partial charge in [-0.1, -0.05) is 41.4 Å². The van der Waals surface area contributed by atoms with Crippen LogP contribution in [0.15, 0.2) is 60.7 Å². The summed E-state index contributed by atoms with van der Waals surface area (Å²) in [5.74, 6) is 0.734. The molecule has 3 aromatic carbocycles. The van der Waals surface area contributed by atoms with Gasteiger partial charge in [-0.3, -0.25) is 0 Å². The van der Waals surface area contributed by atoms with Gasteiger partial charge in [0, 0.05) is 26.7 Å². The highest BCUT2D eigenvalue weighted by atomic mass is 35.5. The van der Waals surface area contributed by atoms with E-state index in [1.165, 1.54) is 0 Å². The highest BCUT2D eigenvalue weighted by Gasteiger charge is 2.53. The third-order valence-electron chi connectivity index (χ3n) is 4.64. The van der Waals surface area contributed by atoms with Crippen molar-refractivity contribution in [3.63, 3.8) is 0 Å². The molecule has 3 aromatic rings. The predicted octanol–water partition coefficient (Wildman–Crippen LogP) is 5.56. The maximum Gasteiger partial charge on any atom is 0.340 e. The number of benzene rings is 3. The molecule has 122 valence electrons. The Bertz CT molecular complexity index is 1010. The molecule has 5 heteroatoms. The van der Waals surface area contributed by atoms with Gasteiger partial charge in [-0.05, 0) is 42.5 Å². The summed E-state index contributed by atoms with van der Waals surface area (Å²) in [4.78, 5) is 12.6. The van der Waals surface area contributed by atoms with Crippen LogP contribution in [0.25, 0.3) is 0 Å². The lowest BCUT2D eigenvalue weighted by atomic mass is 9.78. The number of fused-ring (bicyclic) bond motifs is 6. The van der Waals surface area contributed by atoms with Crippen LogP contribution in [0.1, 0.15) is 27.0 Å². The van der Waals surface area contributed by atoms with Crippen molar-refractivity contribution in [3.8, 4) is 11.5 Å². The van der Waals surface area contributed by atoms with Crippen molar-refractivity contribution in [2.75, 3.05) is 0 Å². The maximum absolute atomic E-state index is 12.6. The van der Waals surface area contributed by atoms with Gasteiger partial charge in [0.15, 0.2) is 5.60 Å². The molecule has 0 saturated heterocycles. The van der Waals surface area contributed by atoms with Gasteiger partial charge in [-0.2, -0.15) is 0 Å². The van der Waals surface area contributed by atoms with E-state index in [1.54, 1.807) is 30.3 Å². The van der Waals surface area contributed by atoms with Crippen molar-refractivity contribution in [1.29, 1.82) is 0 Å². The first-order valence-corrected chi connectivity index (χ1v) is 8.46. The number of hydrogen-bond donors (Lipinski definition) is 0. The van der Waals surface area contributed by atoms with Crippen LogP contribution >= 0.6 is 23.2 Å². The van der Waals surface area contributed by atoms with Crippen molar-refractivity contribution in [2.45, 2.75) is 5.60 Å². The molecular weight excluding hydrogens is 359 g/mol. The minimum Gasteiger partial charge on any atom is -0.456 e. The van der Waals surface area contributed by atoms with E-state index in [-0.39, 0.29) is 5.97 Å². The van der Waals surface area contributed by atoms with E-state index in [2.05, 4.69) is 0 Å². The number of rotatable bonds is 0. The van der Waals surface area contributed by atoms with Crippen molar-refractivity contribution < 1.29 is 14.3 Å². The fourth-order valence-electron chi connectivity index (χ4n) is 3.62. The highest BCUT2D eigenvalue weighted by Crippen LogP contribution is 2.56. The Balaban J connectivity index is 1.91. The summed E-state index contributed by atoms with van der Waals surface area (Å²) >= 11 is 12.3. The molecule has 0 aromatic heterocycles. The third kappa shape index (κ3) is 1.91. The molecule has 5 rings (SSSR count). The van der Waals surface area contributed by atoms with Gasteiger partial charge in [-0.15, -0.1) is 0 Å². The molecule has 0 fully saturated rings. The normalized spacial score (nSPS) is 15.8. The fourth-order valence-corrected chi connectivity index (χ4v) is 3.95. The molecule has 0 aliphatic carbocycles. The molecular formula is C20H10Cl2O3. The summed E-state index contributed by atoms with van der Waals surface area (Å²) in [7, 11) is 0. The standard InChI is InChI=1S/C20H10Cl2O3/c21-11-5-7-15-17(9-11)24-18-10-12(22)6-8-16(18)20(15)14-4-2-1-3-13(14)19(23)25-20/h1-10H. The average molecular weight is 369 g/mol. The predicted molar refractivity (Wildman–Crippen MR) is 94.7 cm³/mol. The largest absolute Gasteiger partial charge is 0.456 e. The highest BCUT2D eigenvalue weighted by molar-refractivity contribution is 6.31. The quantitative estimate of drug-likeness (QED) is 0.487. The Morgan fingerprint density at radius 1 is 0.760 bits per heavy atom. The Kier molecular flexibility index (Phi) is 2.97. The second-order valence-corrected chi connectivity index (χ2v) is 6.87. The molecule has 3 nitrogen and oxygen atoms in total. The van der Waals surface area contributed by atoms with E-state index in [9.17, 15) is 4.79 Å². The van der Waals surface area contributed by atoms with Crippen LogP contribution in [0.2, 0.25) is 10.0 Å². The number of carbonyl (C=O) groups is 1. The molecule has 0 saturated carbocycles. The number of hydrogen-bond acceptors (Lipinski definition) is 3. The Labute approximate surface area is 153 Å². The lowest BCUT2D eigenvalue weighted by molar-refractivity contribution is 0.0224. The first kappa shape index (κ1) is 14.8. The summed E-state index contributed by atoms with van der Waals surface area (Å²) in [5.41, 5.74) is 1.75. The van der Waals surface area contributed by atoms with Crippen LogP contribution in [0.4, 0.5) is 0 Å². The van der Waals surface area contributed by atoms with Crippen LogP contribution in [-0.4, -0.2) is 5.97 Å². The van der Waals surface area contributed by atoms with Crippen molar-refractivity contribution >= 4 is 29.2 Å². The molecule has 2 aliphatic heterocycles. The maximum atomic E-state index is 12.6. The van der Waals surface area contributed by atoms with E-state index in [4.69, 9.17) is 32.7 Å². The molecule has 1 spiro atoms. The van der Waals surface area contributed by atoms with Crippen LogP contribution in [0.3, 0.4) is 0 Å². The second-order valence-electron chi connectivity index (χ2n) is 6.00.